The van der Waals surface area contributed by atoms with Gasteiger partial charge in [-0.05, 0) is 37.8 Å². The predicted molar refractivity (Wildman–Crippen MR) is 98.5 cm³/mol. The van der Waals surface area contributed by atoms with Crippen LogP contribution < -0.4 is 5.56 Å². The van der Waals surface area contributed by atoms with Crippen molar-refractivity contribution in [1.29, 1.82) is 5.26 Å². The molecule has 0 radical (unpaired) electrons. The third-order valence-electron chi connectivity index (χ3n) is 4.95. The largest absolute Gasteiger partial charge is 0.511 e. The number of hydrogen-bond donors (Lipinski definition) is 2. The fourth-order valence-corrected chi connectivity index (χ4v) is 3.44. The average molecular weight is 350 g/mol. The van der Waals surface area contributed by atoms with Crippen molar-refractivity contribution in [2.45, 2.75) is 45.4 Å². The first-order chi connectivity index (χ1) is 12.5. The van der Waals surface area contributed by atoms with Crippen LogP contribution >= 0.6 is 0 Å². The molecule has 2 atom stereocenters. The summed E-state index contributed by atoms with van der Waals surface area (Å²) in [5, 5.41) is 19.8. The number of rotatable bonds is 1. The van der Waals surface area contributed by atoms with Crippen molar-refractivity contribution in [2.75, 3.05) is 0 Å². The second-order valence-electron chi connectivity index (χ2n) is 6.89. The van der Waals surface area contributed by atoms with Gasteiger partial charge in [0.1, 0.15) is 11.6 Å². The molecule has 0 fully saturated rings. The van der Waals surface area contributed by atoms with Gasteiger partial charge in [0.2, 0.25) is 0 Å². The van der Waals surface area contributed by atoms with Crippen molar-refractivity contribution in [1.82, 2.24) is 15.0 Å². The normalized spacial score (nSPS) is 21.0. The van der Waals surface area contributed by atoms with Crippen LogP contribution in [0.4, 0.5) is 0 Å². The standard InChI is InChI=1S/C20H22N4O2/c1-12-4-3-5-16-17(13(2)10-15(11-21)18(12)25)23-19(24-20(16)26)14-6-8-22-9-7-14/h6-9,12-13,25H,3-5,10H2,1-2H3,(H,23,24,26)/t12-,13-/m1/s1. The molecule has 0 aromatic carbocycles. The molecule has 26 heavy (non-hydrogen) atoms. The lowest BCUT2D eigenvalue weighted by Gasteiger charge is -2.20. The number of hydrogen-bond acceptors (Lipinski definition) is 5. The number of fused-ring (bicyclic) bond motifs is 1. The topological polar surface area (TPSA) is 103 Å². The Morgan fingerprint density at radius 2 is 2.00 bits per heavy atom. The zero-order valence-corrected chi connectivity index (χ0v) is 15.0. The number of nitriles is 1. The summed E-state index contributed by atoms with van der Waals surface area (Å²) in [5.74, 6) is 0.443. The third kappa shape index (κ3) is 3.52. The fraction of sp³-hybridized carbons (Fsp3) is 0.400. The Morgan fingerprint density at radius 3 is 2.69 bits per heavy atom. The molecular weight excluding hydrogens is 328 g/mol. The minimum absolute atomic E-state index is 0.0819. The van der Waals surface area contributed by atoms with Gasteiger partial charge in [-0.15, -0.1) is 0 Å². The molecule has 6 heteroatoms. The zero-order valence-electron chi connectivity index (χ0n) is 15.0. The predicted octanol–water partition coefficient (Wildman–Crippen LogP) is 3.63. The van der Waals surface area contributed by atoms with Crippen LogP contribution in [-0.2, 0) is 6.42 Å². The minimum Gasteiger partial charge on any atom is -0.511 e. The van der Waals surface area contributed by atoms with E-state index < -0.39 is 0 Å². The highest BCUT2D eigenvalue weighted by Gasteiger charge is 2.23. The van der Waals surface area contributed by atoms with Crippen LogP contribution in [0.25, 0.3) is 11.4 Å². The number of nitrogens with one attached hydrogen (secondary N) is 1. The maximum absolute atomic E-state index is 12.7. The number of aromatic amines is 1. The Bertz CT molecular complexity index is 925. The van der Waals surface area contributed by atoms with E-state index in [9.17, 15) is 15.2 Å². The fourth-order valence-electron chi connectivity index (χ4n) is 3.44. The van der Waals surface area contributed by atoms with Crippen LogP contribution in [0, 0.1) is 17.2 Å². The molecule has 0 aliphatic heterocycles. The molecule has 2 N–H and O–H groups in total. The van der Waals surface area contributed by atoms with Gasteiger partial charge in [0.05, 0.1) is 17.3 Å². The van der Waals surface area contributed by atoms with E-state index in [-0.39, 0.29) is 23.2 Å². The van der Waals surface area contributed by atoms with Gasteiger partial charge in [0.25, 0.3) is 5.56 Å². The summed E-state index contributed by atoms with van der Waals surface area (Å²) in [7, 11) is 0. The molecule has 2 heterocycles. The van der Waals surface area contributed by atoms with Crippen LogP contribution in [0.5, 0.6) is 0 Å². The first-order valence-corrected chi connectivity index (χ1v) is 8.86. The van der Waals surface area contributed by atoms with E-state index >= 15 is 0 Å². The lowest BCUT2D eigenvalue weighted by molar-refractivity contribution is 0.319. The van der Waals surface area contributed by atoms with Crippen LogP contribution in [-0.4, -0.2) is 20.1 Å². The quantitative estimate of drug-likeness (QED) is 0.817. The van der Waals surface area contributed by atoms with Crippen LogP contribution in [0.1, 0.15) is 50.3 Å². The van der Waals surface area contributed by atoms with Gasteiger partial charge in [-0.2, -0.15) is 5.26 Å². The molecule has 2 aromatic heterocycles. The molecule has 1 aliphatic carbocycles. The second-order valence-corrected chi connectivity index (χ2v) is 6.89. The van der Waals surface area contributed by atoms with E-state index in [1.807, 2.05) is 13.8 Å². The molecule has 0 bridgehead atoms. The number of nitrogens with zero attached hydrogens (tertiary/aromatic N) is 3. The molecule has 6 nitrogen and oxygen atoms in total. The highest BCUT2D eigenvalue weighted by Crippen LogP contribution is 2.30. The first-order valence-electron chi connectivity index (χ1n) is 8.86. The van der Waals surface area contributed by atoms with Crippen LogP contribution in [0.2, 0.25) is 0 Å². The number of aromatic nitrogens is 3. The Kier molecular flexibility index (Phi) is 5.17. The third-order valence-corrected chi connectivity index (χ3v) is 4.95. The SMILES string of the molecule is C[C@@H]1CCCc2c(nc(-c3ccncc3)[nH]c2=O)[C@H](C)CC(C#N)=C1O. The summed E-state index contributed by atoms with van der Waals surface area (Å²) in [6.45, 7) is 3.85. The number of allylic oxidation sites excluding steroid dienone is 2. The maximum atomic E-state index is 12.7. The number of aliphatic hydroxyl groups excluding tert-OH is 1. The summed E-state index contributed by atoms with van der Waals surface area (Å²) in [4.78, 5) is 24.3. The molecule has 2 aromatic rings. The van der Waals surface area contributed by atoms with Gasteiger partial charge in [-0.3, -0.25) is 9.78 Å². The lowest BCUT2D eigenvalue weighted by atomic mass is 9.87. The van der Waals surface area contributed by atoms with E-state index in [4.69, 9.17) is 4.98 Å². The highest BCUT2D eigenvalue weighted by molar-refractivity contribution is 5.54. The van der Waals surface area contributed by atoms with Gasteiger partial charge in [0.15, 0.2) is 0 Å². The number of pyridine rings is 1. The van der Waals surface area contributed by atoms with Crippen LogP contribution in [0.15, 0.2) is 40.7 Å². The molecule has 0 spiro atoms. The van der Waals surface area contributed by atoms with E-state index in [2.05, 4.69) is 16.0 Å². The van der Waals surface area contributed by atoms with E-state index in [0.29, 0.717) is 35.5 Å². The van der Waals surface area contributed by atoms with Gasteiger partial charge in [0, 0.05) is 35.4 Å². The Morgan fingerprint density at radius 1 is 1.27 bits per heavy atom. The summed E-state index contributed by atoms with van der Waals surface area (Å²) in [6.07, 6.45) is 5.75. The van der Waals surface area contributed by atoms with Crippen molar-refractivity contribution in [3.63, 3.8) is 0 Å². The highest BCUT2D eigenvalue weighted by atomic mass is 16.3. The van der Waals surface area contributed by atoms with Crippen molar-refractivity contribution in [3.8, 4) is 17.5 Å². The van der Waals surface area contributed by atoms with E-state index in [1.54, 1.807) is 24.5 Å². The van der Waals surface area contributed by atoms with Crippen molar-refractivity contribution >= 4 is 0 Å². The molecule has 1 aliphatic rings. The molecule has 0 saturated heterocycles. The van der Waals surface area contributed by atoms with Gasteiger partial charge >= 0.3 is 0 Å². The Labute approximate surface area is 152 Å². The Balaban J connectivity index is 2.11. The van der Waals surface area contributed by atoms with E-state index in [1.165, 1.54) is 0 Å². The first kappa shape index (κ1) is 17.9. The molecule has 0 unspecified atom stereocenters. The summed E-state index contributed by atoms with van der Waals surface area (Å²) in [5.41, 5.74) is 2.42. The van der Waals surface area contributed by atoms with Gasteiger partial charge < -0.3 is 10.1 Å². The second kappa shape index (κ2) is 7.52. The Hall–Kier alpha value is -2.94. The monoisotopic (exact) mass is 350 g/mol. The van der Waals surface area contributed by atoms with Gasteiger partial charge in [-0.25, -0.2) is 4.98 Å². The molecule has 3 rings (SSSR count). The van der Waals surface area contributed by atoms with Crippen molar-refractivity contribution in [2.24, 2.45) is 5.92 Å². The summed E-state index contributed by atoms with van der Waals surface area (Å²) >= 11 is 0. The number of H-pyrrole nitrogens is 1. The number of aliphatic hydroxyl groups is 1. The molecule has 0 saturated carbocycles. The summed E-state index contributed by atoms with van der Waals surface area (Å²) in [6, 6.07) is 5.72. The average Bonchev–Trinajstić information content (AvgIpc) is 2.66. The van der Waals surface area contributed by atoms with E-state index in [0.717, 1.165) is 18.4 Å². The lowest BCUT2D eigenvalue weighted by Crippen LogP contribution is -2.21. The minimum atomic E-state index is -0.144. The summed E-state index contributed by atoms with van der Waals surface area (Å²) < 4.78 is 0. The van der Waals surface area contributed by atoms with Gasteiger partial charge in [-0.1, -0.05) is 13.8 Å². The van der Waals surface area contributed by atoms with Crippen LogP contribution in [0.3, 0.4) is 0 Å². The van der Waals surface area contributed by atoms with Crippen molar-refractivity contribution in [3.05, 3.63) is 57.5 Å². The zero-order chi connectivity index (χ0) is 18.7. The molecule has 134 valence electrons. The molecule has 0 amide bonds. The smallest absolute Gasteiger partial charge is 0.254 e. The maximum Gasteiger partial charge on any atom is 0.254 e. The molecular formula is C20H22N4O2. The van der Waals surface area contributed by atoms with Crippen molar-refractivity contribution < 1.29 is 5.11 Å².